The van der Waals surface area contributed by atoms with Gasteiger partial charge in [-0.15, -0.1) is 0 Å². The van der Waals surface area contributed by atoms with Gasteiger partial charge in [-0.1, -0.05) is 19.9 Å². The van der Waals surface area contributed by atoms with E-state index in [0.29, 0.717) is 17.1 Å². The van der Waals surface area contributed by atoms with Crippen molar-refractivity contribution in [3.8, 4) is 11.5 Å². The number of pyridine rings is 2. The van der Waals surface area contributed by atoms with E-state index in [0.717, 1.165) is 5.56 Å². The molecule has 3 N–H and O–H groups in total. The molecule has 3 rings (SSSR count). The van der Waals surface area contributed by atoms with E-state index >= 15 is 0 Å². The van der Waals surface area contributed by atoms with Crippen molar-refractivity contribution in [3.63, 3.8) is 0 Å². The quantitative estimate of drug-likeness (QED) is 0.498. The van der Waals surface area contributed by atoms with Crippen LogP contribution in [0.4, 0.5) is 0 Å². The predicted molar refractivity (Wildman–Crippen MR) is 118 cm³/mol. The molecule has 0 saturated heterocycles. The van der Waals surface area contributed by atoms with Gasteiger partial charge in [0.05, 0.1) is 0 Å². The molecule has 0 aliphatic rings. The third-order valence-corrected chi connectivity index (χ3v) is 4.74. The first-order chi connectivity index (χ1) is 15.4. The van der Waals surface area contributed by atoms with Crippen LogP contribution in [0.15, 0.2) is 59.3 Å². The van der Waals surface area contributed by atoms with Crippen LogP contribution < -0.4 is 16.0 Å². The van der Waals surface area contributed by atoms with E-state index < -0.39 is 11.9 Å². The van der Waals surface area contributed by atoms with E-state index in [1.165, 1.54) is 13.1 Å². The number of hydrogen-bond acceptors (Lipinski definition) is 6. The van der Waals surface area contributed by atoms with E-state index in [2.05, 4.69) is 25.9 Å². The second kappa shape index (κ2) is 10.3. The highest BCUT2D eigenvalue weighted by molar-refractivity contribution is 5.96. The summed E-state index contributed by atoms with van der Waals surface area (Å²) in [4.78, 5) is 45.0. The molecule has 0 radical (unpaired) electrons. The average Bonchev–Trinajstić information content (AvgIpc) is 3.31. The van der Waals surface area contributed by atoms with Crippen LogP contribution in [0.5, 0.6) is 0 Å². The lowest BCUT2D eigenvalue weighted by atomic mass is 10.0. The number of furan rings is 1. The Bertz CT molecular complexity index is 1090. The SMILES string of the molecule is CNC(=O)[C@@H](NC(=O)c1ccc(-c2cc(CNC(=O)c3ccccn3)ccn2)o1)C(C)C. The lowest BCUT2D eigenvalue weighted by molar-refractivity contribution is -0.123. The van der Waals surface area contributed by atoms with Crippen molar-refractivity contribution in [3.05, 3.63) is 71.9 Å². The molecule has 3 aromatic rings. The maximum Gasteiger partial charge on any atom is 0.287 e. The third-order valence-electron chi connectivity index (χ3n) is 4.74. The highest BCUT2D eigenvalue weighted by Gasteiger charge is 2.25. The lowest BCUT2D eigenvalue weighted by Crippen LogP contribution is -2.48. The number of carbonyl (C=O) groups excluding carboxylic acids is 3. The molecule has 9 nitrogen and oxygen atoms in total. The smallest absolute Gasteiger partial charge is 0.287 e. The normalized spacial score (nSPS) is 11.6. The van der Waals surface area contributed by atoms with E-state index in [9.17, 15) is 14.4 Å². The molecule has 1 atom stereocenters. The van der Waals surface area contributed by atoms with Crippen molar-refractivity contribution in [1.29, 1.82) is 0 Å². The summed E-state index contributed by atoms with van der Waals surface area (Å²) in [5.74, 6) is -0.663. The zero-order valence-corrected chi connectivity index (χ0v) is 18.1. The van der Waals surface area contributed by atoms with Crippen LogP contribution in [0, 0.1) is 5.92 Å². The van der Waals surface area contributed by atoms with Crippen molar-refractivity contribution >= 4 is 17.7 Å². The zero-order chi connectivity index (χ0) is 23.1. The van der Waals surface area contributed by atoms with Crippen LogP contribution in [0.1, 0.15) is 40.5 Å². The molecule has 9 heteroatoms. The van der Waals surface area contributed by atoms with Gasteiger partial charge < -0.3 is 20.4 Å². The largest absolute Gasteiger partial charge is 0.449 e. The number of rotatable bonds is 8. The van der Waals surface area contributed by atoms with Gasteiger partial charge >= 0.3 is 0 Å². The van der Waals surface area contributed by atoms with Gasteiger partial charge in [-0.25, -0.2) is 0 Å². The maximum absolute atomic E-state index is 12.5. The summed E-state index contributed by atoms with van der Waals surface area (Å²) in [5.41, 5.74) is 1.65. The van der Waals surface area contributed by atoms with Gasteiger partial charge in [0.2, 0.25) is 5.91 Å². The number of carbonyl (C=O) groups is 3. The number of amides is 3. The van der Waals surface area contributed by atoms with E-state index in [-0.39, 0.29) is 30.0 Å². The molecule has 0 aromatic carbocycles. The fourth-order valence-electron chi connectivity index (χ4n) is 2.99. The monoisotopic (exact) mass is 435 g/mol. The first-order valence-corrected chi connectivity index (χ1v) is 10.2. The van der Waals surface area contributed by atoms with Crippen LogP contribution in [0.3, 0.4) is 0 Å². The van der Waals surface area contributed by atoms with Crippen LogP contribution in [0.25, 0.3) is 11.5 Å². The van der Waals surface area contributed by atoms with Crippen LogP contribution in [-0.4, -0.2) is 40.8 Å². The Hall–Kier alpha value is -4.01. The van der Waals surface area contributed by atoms with Crippen molar-refractivity contribution in [2.45, 2.75) is 26.4 Å². The Morgan fingerprint density at radius 1 is 1.00 bits per heavy atom. The summed E-state index contributed by atoms with van der Waals surface area (Å²) in [6.45, 7) is 3.97. The summed E-state index contributed by atoms with van der Waals surface area (Å²) in [6, 6.07) is 11.2. The van der Waals surface area contributed by atoms with Gasteiger partial charge in [0.1, 0.15) is 17.4 Å². The number of nitrogens with one attached hydrogen (secondary N) is 3. The standard InChI is InChI=1S/C23H25N5O4/c1-14(2)20(23(31)24-3)28-22(30)19-8-7-18(32-19)17-12-15(9-11-26-17)13-27-21(29)16-6-4-5-10-25-16/h4-12,14,20H,13H2,1-3H3,(H,24,31)(H,27,29)(H,28,30)/t20-/m0/s1. The highest BCUT2D eigenvalue weighted by atomic mass is 16.4. The minimum Gasteiger partial charge on any atom is -0.449 e. The molecule has 0 bridgehead atoms. The van der Waals surface area contributed by atoms with Crippen LogP contribution in [0.2, 0.25) is 0 Å². The van der Waals surface area contributed by atoms with Crippen molar-refractivity contribution in [2.75, 3.05) is 7.05 Å². The van der Waals surface area contributed by atoms with Crippen molar-refractivity contribution < 1.29 is 18.8 Å². The molecule has 3 aromatic heterocycles. The van der Waals surface area contributed by atoms with Gasteiger partial charge in [0.15, 0.2) is 11.5 Å². The van der Waals surface area contributed by atoms with Crippen molar-refractivity contribution in [1.82, 2.24) is 25.9 Å². The van der Waals surface area contributed by atoms with E-state index in [1.54, 1.807) is 48.8 Å². The second-order valence-corrected chi connectivity index (χ2v) is 7.42. The molecule has 32 heavy (non-hydrogen) atoms. The molecule has 0 saturated carbocycles. The summed E-state index contributed by atoms with van der Waals surface area (Å²) in [5, 5.41) is 8.04. The summed E-state index contributed by atoms with van der Waals surface area (Å²) >= 11 is 0. The summed E-state index contributed by atoms with van der Waals surface area (Å²) in [6.07, 6.45) is 3.16. The molecule has 3 heterocycles. The molecule has 166 valence electrons. The molecular weight excluding hydrogens is 410 g/mol. The Labute approximate surface area is 185 Å². The summed E-state index contributed by atoms with van der Waals surface area (Å²) in [7, 11) is 1.52. The van der Waals surface area contributed by atoms with Gasteiger partial charge in [0.25, 0.3) is 11.8 Å². The molecule has 0 fully saturated rings. The third kappa shape index (κ3) is 5.57. The lowest BCUT2D eigenvalue weighted by Gasteiger charge is -2.19. The van der Waals surface area contributed by atoms with Crippen LogP contribution in [-0.2, 0) is 11.3 Å². The second-order valence-electron chi connectivity index (χ2n) is 7.42. The molecule has 0 aliphatic heterocycles. The minimum absolute atomic E-state index is 0.0743. The molecule has 0 unspecified atom stereocenters. The number of likely N-dealkylation sites (N-methyl/N-ethyl adjacent to an activating group) is 1. The van der Waals surface area contributed by atoms with Gasteiger partial charge in [-0.3, -0.25) is 24.4 Å². The van der Waals surface area contributed by atoms with Gasteiger partial charge in [-0.2, -0.15) is 0 Å². The number of hydrogen-bond donors (Lipinski definition) is 3. The van der Waals surface area contributed by atoms with Crippen LogP contribution >= 0.6 is 0 Å². The van der Waals surface area contributed by atoms with Gasteiger partial charge in [-0.05, 0) is 47.9 Å². The molecule has 0 spiro atoms. The zero-order valence-electron chi connectivity index (χ0n) is 18.1. The van der Waals surface area contributed by atoms with E-state index in [4.69, 9.17) is 4.42 Å². The number of nitrogens with zero attached hydrogens (tertiary/aromatic N) is 2. The Morgan fingerprint density at radius 3 is 2.50 bits per heavy atom. The number of aromatic nitrogens is 2. The first-order valence-electron chi connectivity index (χ1n) is 10.2. The van der Waals surface area contributed by atoms with Gasteiger partial charge in [0, 0.05) is 26.0 Å². The molecule has 0 aliphatic carbocycles. The maximum atomic E-state index is 12.5. The Kier molecular flexibility index (Phi) is 7.33. The van der Waals surface area contributed by atoms with E-state index in [1.807, 2.05) is 13.8 Å². The first kappa shape index (κ1) is 22.7. The minimum atomic E-state index is -0.676. The molecular formula is C23H25N5O4. The summed E-state index contributed by atoms with van der Waals surface area (Å²) < 4.78 is 5.67. The fraction of sp³-hybridized carbons (Fsp3) is 0.261. The highest BCUT2D eigenvalue weighted by Crippen LogP contribution is 2.21. The molecule has 3 amide bonds. The Morgan fingerprint density at radius 2 is 1.81 bits per heavy atom. The predicted octanol–water partition coefficient (Wildman–Crippen LogP) is 2.17. The average molecular weight is 435 g/mol. The Balaban J connectivity index is 1.67. The fourth-order valence-corrected chi connectivity index (χ4v) is 2.99. The van der Waals surface area contributed by atoms with Crippen molar-refractivity contribution in [2.24, 2.45) is 5.92 Å². The topological polar surface area (TPSA) is 126 Å².